The van der Waals surface area contributed by atoms with Crippen molar-refractivity contribution >= 4 is 17.0 Å². The van der Waals surface area contributed by atoms with Gasteiger partial charge in [0, 0.05) is 18.6 Å². The third kappa shape index (κ3) is 2.53. The highest BCUT2D eigenvalue weighted by atomic mass is 16.4. The van der Waals surface area contributed by atoms with Gasteiger partial charge in [0.25, 0.3) is 0 Å². The third-order valence-electron chi connectivity index (χ3n) is 4.47. The summed E-state index contributed by atoms with van der Waals surface area (Å²) in [7, 11) is 2.17. The summed E-state index contributed by atoms with van der Waals surface area (Å²) in [5.74, 6) is -0.0526. The number of aromatic carboxylic acids is 1. The van der Waals surface area contributed by atoms with Crippen LogP contribution in [0.25, 0.3) is 11.0 Å². The van der Waals surface area contributed by atoms with Crippen molar-refractivity contribution in [3.63, 3.8) is 0 Å². The highest BCUT2D eigenvalue weighted by molar-refractivity contribution is 6.01. The number of benzene rings is 1. The molecule has 3 rings (SSSR count). The maximum absolute atomic E-state index is 11.3. The summed E-state index contributed by atoms with van der Waals surface area (Å²) in [5.41, 5.74) is 1.77. The van der Waals surface area contributed by atoms with Crippen LogP contribution < -0.4 is 0 Å². The predicted octanol–water partition coefficient (Wildman–Crippen LogP) is 2.53. The van der Waals surface area contributed by atoms with Crippen molar-refractivity contribution in [2.45, 2.75) is 45.3 Å². The molecule has 0 saturated heterocycles. The van der Waals surface area contributed by atoms with Crippen LogP contribution in [-0.2, 0) is 6.54 Å². The average molecular weight is 287 g/mol. The molecule has 5 heteroatoms. The molecule has 0 spiro atoms. The van der Waals surface area contributed by atoms with Crippen molar-refractivity contribution in [1.29, 1.82) is 0 Å². The van der Waals surface area contributed by atoms with Gasteiger partial charge < -0.3 is 9.67 Å². The van der Waals surface area contributed by atoms with Gasteiger partial charge >= 0.3 is 5.97 Å². The highest BCUT2D eigenvalue weighted by Gasteiger charge is 2.29. The molecule has 1 saturated carbocycles. The third-order valence-corrected chi connectivity index (χ3v) is 4.47. The monoisotopic (exact) mass is 287 g/mol. The van der Waals surface area contributed by atoms with E-state index in [-0.39, 0.29) is 5.56 Å². The van der Waals surface area contributed by atoms with Gasteiger partial charge in [0.15, 0.2) is 0 Å². The number of imidazole rings is 1. The van der Waals surface area contributed by atoms with E-state index in [9.17, 15) is 9.90 Å². The summed E-state index contributed by atoms with van der Waals surface area (Å²) in [6.45, 7) is 4.98. The molecule has 1 unspecified atom stereocenters. The second-order valence-corrected chi connectivity index (χ2v) is 5.99. The normalized spacial score (nSPS) is 16.6. The molecule has 1 atom stereocenters. The van der Waals surface area contributed by atoms with Crippen LogP contribution in [-0.4, -0.2) is 44.7 Å². The van der Waals surface area contributed by atoms with Gasteiger partial charge in [-0.1, -0.05) is 6.07 Å². The Morgan fingerprint density at radius 1 is 1.52 bits per heavy atom. The number of para-hydroxylation sites is 1. The largest absolute Gasteiger partial charge is 0.478 e. The Morgan fingerprint density at radius 2 is 2.24 bits per heavy atom. The average Bonchev–Trinajstić information content (AvgIpc) is 3.24. The van der Waals surface area contributed by atoms with Crippen LogP contribution in [0.2, 0.25) is 0 Å². The van der Waals surface area contributed by atoms with Crippen molar-refractivity contribution in [3.05, 3.63) is 29.6 Å². The Morgan fingerprint density at radius 3 is 2.86 bits per heavy atom. The minimum atomic E-state index is -0.923. The number of carboxylic acids is 1. The van der Waals surface area contributed by atoms with E-state index in [1.807, 2.05) is 13.0 Å². The zero-order valence-electron chi connectivity index (χ0n) is 12.7. The molecule has 0 radical (unpaired) electrons. The van der Waals surface area contributed by atoms with E-state index < -0.39 is 5.97 Å². The summed E-state index contributed by atoms with van der Waals surface area (Å²) in [6.07, 6.45) is 2.57. The SMILES string of the molecule is Cc1nc2c(C(=O)O)cccc2n1CC(C)N(C)C1CC1. The van der Waals surface area contributed by atoms with Crippen LogP contribution in [0.3, 0.4) is 0 Å². The molecule has 5 nitrogen and oxygen atoms in total. The summed E-state index contributed by atoms with van der Waals surface area (Å²) in [4.78, 5) is 18.2. The van der Waals surface area contributed by atoms with Crippen molar-refractivity contribution in [3.8, 4) is 0 Å². The second-order valence-electron chi connectivity index (χ2n) is 5.99. The quantitative estimate of drug-likeness (QED) is 0.918. The number of likely N-dealkylation sites (N-methyl/N-ethyl adjacent to an activating group) is 1. The summed E-state index contributed by atoms with van der Waals surface area (Å²) in [6, 6.07) is 6.47. The molecule has 1 aliphatic rings. The van der Waals surface area contributed by atoms with E-state index in [1.54, 1.807) is 12.1 Å². The highest BCUT2D eigenvalue weighted by Crippen LogP contribution is 2.28. The number of fused-ring (bicyclic) bond motifs is 1. The first-order valence-electron chi connectivity index (χ1n) is 7.40. The first-order valence-corrected chi connectivity index (χ1v) is 7.40. The first kappa shape index (κ1) is 14.1. The van der Waals surface area contributed by atoms with Crippen molar-refractivity contribution < 1.29 is 9.90 Å². The fourth-order valence-corrected chi connectivity index (χ4v) is 2.90. The lowest BCUT2D eigenvalue weighted by molar-refractivity contribution is 0.0699. The Bertz CT molecular complexity index is 688. The van der Waals surface area contributed by atoms with Crippen LogP contribution >= 0.6 is 0 Å². The molecule has 112 valence electrons. The molecule has 1 aromatic carbocycles. The first-order chi connectivity index (χ1) is 9.99. The number of carbonyl (C=O) groups is 1. The number of hydrogen-bond acceptors (Lipinski definition) is 3. The molecule has 1 aromatic heterocycles. The Labute approximate surface area is 124 Å². The Balaban J connectivity index is 1.96. The molecule has 21 heavy (non-hydrogen) atoms. The number of aryl methyl sites for hydroxylation is 1. The number of nitrogens with zero attached hydrogens (tertiary/aromatic N) is 3. The van der Waals surface area contributed by atoms with E-state index in [0.717, 1.165) is 17.9 Å². The van der Waals surface area contributed by atoms with Gasteiger partial charge in [-0.2, -0.15) is 0 Å². The fraction of sp³-hybridized carbons (Fsp3) is 0.500. The van der Waals surface area contributed by atoms with Gasteiger partial charge in [-0.15, -0.1) is 0 Å². The van der Waals surface area contributed by atoms with Gasteiger partial charge in [-0.05, 0) is 45.9 Å². The lowest BCUT2D eigenvalue weighted by Gasteiger charge is -2.25. The summed E-state index contributed by atoms with van der Waals surface area (Å²) < 4.78 is 2.13. The number of hydrogen-bond donors (Lipinski definition) is 1. The molecule has 0 amide bonds. The molecule has 1 N–H and O–H groups in total. The Kier molecular flexibility index (Phi) is 3.45. The molecular formula is C16H21N3O2. The van der Waals surface area contributed by atoms with Crippen LogP contribution in [0.15, 0.2) is 18.2 Å². The predicted molar refractivity (Wildman–Crippen MR) is 81.7 cm³/mol. The van der Waals surface area contributed by atoms with Gasteiger partial charge in [0.2, 0.25) is 0 Å². The van der Waals surface area contributed by atoms with Crippen molar-refractivity contribution in [1.82, 2.24) is 14.5 Å². The van der Waals surface area contributed by atoms with Crippen molar-refractivity contribution in [2.24, 2.45) is 0 Å². The topological polar surface area (TPSA) is 58.4 Å². The molecule has 1 heterocycles. The molecule has 1 fully saturated rings. The smallest absolute Gasteiger partial charge is 0.337 e. The minimum absolute atomic E-state index is 0.276. The summed E-state index contributed by atoms with van der Waals surface area (Å²) >= 11 is 0. The molecule has 0 bridgehead atoms. The fourth-order valence-electron chi connectivity index (χ4n) is 2.90. The maximum atomic E-state index is 11.3. The van der Waals surface area contributed by atoms with E-state index in [0.29, 0.717) is 17.6 Å². The van der Waals surface area contributed by atoms with Gasteiger partial charge in [0.05, 0.1) is 11.1 Å². The maximum Gasteiger partial charge on any atom is 0.337 e. The molecule has 2 aromatic rings. The summed E-state index contributed by atoms with van der Waals surface area (Å²) in [5, 5.41) is 9.28. The number of aromatic nitrogens is 2. The van der Waals surface area contributed by atoms with Crippen molar-refractivity contribution in [2.75, 3.05) is 7.05 Å². The van der Waals surface area contributed by atoms with E-state index in [4.69, 9.17) is 0 Å². The number of carboxylic acid groups (broad SMARTS) is 1. The van der Waals surface area contributed by atoms with Gasteiger partial charge in [0.1, 0.15) is 11.3 Å². The molecular weight excluding hydrogens is 266 g/mol. The van der Waals surface area contributed by atoms with E-state index in [1.165, 1.54) is 12.8 Å². The van der Waals surface area contributed by atoms with E-state index in [2.05, 4.69) is 28.4 Å². The van der Waals surface area contributed by atoms with E-state index >= 15 is 0 Å². The van der Waals surface area contributed by atoms with Crippen LogP contribution in [0, 0.1) is 6.92 Å². The van der Waals surface area contributed by atoms with Gasteiger partial charge in [-0.25, -0.2) is 9.78 Å². The lowest BCUT2D eigenvalue weighted by Crippen LogP contribution is -2.34. The van der Waals surface area contributed by atoms with Crippen LogP contribution in [0.4, 0.5) is 0 Å². The van der Waals surface area contributed by atoms with Gasteiger partial charge in [-0.3, -0.25) is 4.90 Å². The zero-order valence-corrected chi connectivity index (χ0v) is 12.7. The molecule has 0 aliphatic heterocycles. The van der Waals surface area contributed by atoms with Crippen LogP contribution in [0.1, 0.15) is 35.9 Å². The molecule has 1 aliphatic carbocycles. The lowest BCUT2D eigenvalue weighted by atomic mass is 10.2. The van der Waals surface area contributed by atoms with Crippen LogP contribution in [0.5, 0.6) is 0 Å². The Hall–Kier alpha value is -1.88. The standard InChI is InChI=1S/C16H21N3O2/c1-10(18(3)12-7-8-12)9-19-11(2)17-15-13(16(20)21)5-4-6-14(15)19/h4-6,10,12H,7-9H2,1-3H3,(H,20,21). The number of rotatable bonds is 5. The second kappa shape index (κ2) is 5.15. The zero-order chi connectivity index (χ0) is 15.1. The minimum Gasteiger partial charge on any atom is -0.478 e.